The molecule has 0 aliphatic heterocycles. The van der Waals surface area contributed by atoms with E-state index in [1.165, 1.54) is 18.0 Å². The number of rotatable bonds is 2. The smallest absolute Gasteiger partial charge is 0.229 e. The van der Waals surface area contributed by atoms with Gasteiger partial charge in [-0.2, -0.15) is 4.37 Å². The monoisotopic (exact) mass is 223 g/mol. The quantitative estimate of drug-likeness (QED) is 0.832. The van der Waals surface area contributed by atoms with Crippen LogP contribution in [0.25, 0.3) is 0 Å². The Morgan fingerprint density at radius 1 is 1.40 bits per heavy atom. The van der Waals surface area contributed by atoms with Crippen LogP contribution in [-0.2, 0) is 4.79 Å². The van der Waals surface area contributed by atoms with Gasteiger partial charge < -0.3 is 5.32 Å². The number of amides is 1. The summed E-state index contributed by atoms with van der Waals surface area (Å²) < 4.78 is 4.04. The van der Waals surface area contributed by atoms with E-state index < -0.39 is 0 Å². The molecule has 2 atom stereocenters. The molecule has 4 nitrogen and oxygen atoms in total. The van der Waals surface area contributed by atoms with Crippen molar-refractivity contribution < 1.29 is 4.79 Å². The molecule has 2 unspecified atom stereocenters. The van der Waals surface area contributed by atoms with E-state index in [9.17, 15) is 4.79 Å². The van der Waals surface area contributed by atoms with E-state index in [0.29, 0.717) is 5.13 Å². The second-order valence-corrected chi connectivity index (χ2v) is 5.31. The fourth-order valence-corrected chi connectivity index (χ4v) is 3.06. The third kappa shape index (κ3) is 1.76. The minimum Gasteiger partial charge on any atom is -0.300 e. The number of fused-ring (bicyclic) bond motifs is 1. The molecule has 0 spiro atoms. The van der Waals surface area contributed by atoms with Gasteiger partial charge in [0.15, 0.2) is 0 Å². The fourth-order valence-electron chi connectivity index (χ4n) is 2.48. The van der Waals surface area contributed by atoms with Crippen molar-refractivity contribution in [3.63, 3.8) is 0 Å². The zero-order valence-corrected chi connectivity index (χ0v) is 9.38. The Balaban J connectivity index is 1.61. The molecule has 0 radical (unpaired) electrons. The Labute approximate surface area is 92.3 Å². The largest absolute Gasteiger partial charge is 0.300 e. The van der Waals surface area contributed by atoms with Crippen LogP contribution in [0.3, 0.4) is 0 Å². The summed E-state index contributed by atoms with van der Waals surface area (Å²) in [7, 11) is 0. The van der Waals surface area contributed by atoms with Gasteiger partial charge in [-0.3, -0.25) is 4.79 Å². The number of carbonyl (C=O) groups excluding carboxylic acids is 1. The van der Waals surface area contributed by atoms with Crippen molar-refractivity contribution in [2.24, 2.45) is 17.8 Å². The van der Waals surface area contributed by atoms with Gasteiger partial charge in [-0.1, -0.05) is 0 Å². The first kappa shape index (κ1) is 9.27. The number of hydrogen-bond donors (Lipinski definition) is 1. The van der Waals surface area contributed by atoms with Crippen LogP contribution in [0.4, 0.5) is 5.13 Å². The highest BCUT2D eigenvalue weighted by atomic mass is 32.1. The second-order valence-electron chi connectivity index (χ2n) is 4.56. The van der Waals surface area contributed by atoms with Gasteiger partial charge in [-0.05, 0) is 38.0 Å². The molecule has 15 heavy (non-hydrogen) atoms. The van der Waals surface area contributed by atoms with Crippen LogP contribution >= 0.6 is 11.5 Å². The molecule has 5 heteroatoms. The SMILES string of the molecule is Cc1nsc(NC(=O)C2CC3CC3C2)n1. The average Bonchev–Trinajstić information content (AvgIpc) is 2.61. The van der Waals surface area contributed by atoms with Gasteiger partial charge in [-0.25, -0.2) is 4.98 Å². The number of carbonyl (C=O) groups is 1. The highest BCUT2D eigenvalue weighted by Gasteiger charge is 2.48. The molecular weight excluding hydrogens is 210 g/mol. The van der Waals surface area contributed by atoms with Crippen LogP contribution in [0.5, 0.6) is 0 Å². The van der Waals surface area contributed by atoms with Crippen LogP contribution in [0.15, 0.2) is 0 Å². The molecule has 0 bridgehead atoms. The Morgan fingerprint density at radius 2 is 2.13 bits per heavy atom. The van der Waals surface area contributed by atoms with Crippen LogP contribution in [0, 0.1) is 24.7 Å². The van der Waals surface area contributed by atoms with Crippen molar-refractivity contribution in [3.8, 4) is 0 Å². The van der Waals surface area contributed by atoms with E-state index in [1.807, 2.05) is 6.92 Å². The second kappa shape index (κ2) is 3.27. The molecule has 1 aromatic heterocycles. The lowest BCUT2D eigenvalue weighted by Gasteiger charge is -2.09. The summed E-state index contributed by atoms with van der Waals surface area (Å²) in [6, 6.07) is 0. The molecule has 1 aromatic rings. The fraction of sp³-hybridized carbons (Fsp3) is 0.700. The first-order chi connectivity index (χ1) is 7.22. The number of nitrogens with one attached hydrogen (secondary N) is 1. The predicted octanol–water partition coefficient (Wildman–Crippen LogP) is 1.83. The molecule has 1 amide bonds. The molecule has 1 N–H and O–H groups in total. The van der Waals surface area contributed by atoms with Crippen LogP contribution in [-0.4, -0.2) is 15.3 Å². The van der Waals surface area contributed by atoms with Gasteiger partial charge in [0.1, 0.15) is 5.82 Å². The standard InChI is InChI=1S/C10H13N3OS/c1-5-11-10(15-13-5)12-9(14)8-3-6-2-7(6)4-8/h6-8H,2-4H2,1H3,(H,11,12,13,14). The van der Waals surface area contributed by atoms with E-state index in [4.69, 9.17) is 0 Å². The number of anilines is 1. The minimum absolute atomic E-state index is 0.137. The Hall–Kier alpha value is -0.970. The Kier molecular flexibility index (Phi) is 2.02. The van der Waals surface area contributed by atoms with Gasteiger partial charge in [-0.15, -0.1) is 0 Å². The number of hydrogen-bond acceptors (Lipinski definition) is 4. The molecular formula is C10H13N3OS. The summed E-state index contributed by atoms with van der Waals surface area (Å²) in [5.41, 5.74) is 0. The van der Waals surface area contributed by atoms with Crippen molar-refractivity contribution in [1.29, 1.82) is 0 Å². The number of aryl methyl sites for hydroxylation is 1. The molecule has 0 aromatic carbocycles. The predicted molar refractivity (Wildman–Crippen MR) is 57.6 cm³/mol. The highest BCUT2D eigenvalue weighted by molar-refractivity contribution is 7.09. The van der Waals surface area contributed by atoms with Crippen molar-refractivity contribution in [2.45, 2.75) is 26.2 Å². The lowest BCUT2D eigenvalue weighted by molar-refractivity contribution is -0.120. The van der Waals surface area contributed by atoms with Gasteiger partial charge in [0.05, 0.1) is 0 Å². The maximum absolute atomic E-state index is 11.8. The van der Waals surface area contributed by atoms with E-state index in [0.717, 1.165) is 30.5 Å². The van der Waals surface area contributed by atoms with Crippen molar-refractivity contribution in [2.75, 3.05) is 5.32 Å². The molecule has 3 rings (SSSR count). The van der Waals surface area contributed by atoms with Gasteiger partial charge in [0.2, 0.25) is 11.0 Å². The summed E-state index contributed by atoms with van der Waals surface area (Å²) in [6.45, 7) is 1.83. The number of aromatic nitrogens is 2. The highest BCUT2D eigenvalue weighted by Crippen LogP contribution is 2.54. The third-order valence-electron chi connectivity index (χ3n) is 3.37. The van der Waals surface area contributed by atoms with E-state index in [2.05, 4.69) is 14.7 Å². The van der Waals surface area contributed by atoms with Crippen LogP contribution in [0.2, 0.25) is 0 Å². The van der Waals surface area contributed by atoms with E-state index in [-0.39, 0.29) is 11.8 Å². The Morgan fingerprint density at radius 3 is 2.73 bits per heavy atom. The molecule has 2 fully saturated rings. The van der Waals surface area contributed by atoms with Gasteiger partial charge in [0.25, 0.3) is 0 Å². The van der Waals surface area contributed by atoms with Crippen molar-refractivity contribution in [3.05, 3.63) is 5.82 Å². The van der Waals surface area contributed by atoms with Gasteiger partial charge >= 0.3 is 0 Å². The lowest BCUT2D eigenvalue weighted by atomic mass is 10.0. The molecule has 2 saturated carbocycles. The number of nitrogens with zero attached hydrogens (tertiary/aromatic N) is 2. The molecule has 1 heterocycles. The summed E-state index contributed by atoms with van der Waals surface area (Å²) in [5.74, 6) is 2.77. The summed E-state index contributed by atoms with van der Waals surface area (Å²) >= 11 is 1.26. The molecule has 80 valence electrons. The van der Waals surface area contributed by atoms with Gasteiger partial charge in [0, 0.05) is 17.5 Å². The van der Waals surface area contributed by atoms with E-state index >= 15 is 0 Å². The summed E-state index contributed by atoms with van der Waals surface area (Å²) in [4.78, 5) is 15.9. The maximum atomic E-state index is 11.8. The molecule has 2 aliphatic rings. The van der Waals surface area contributed by atoms with Crippen molar-refractivity contribution >= 4 is 22.6 Å². The topological polar surface area (TPSA) is 54.9 Å². The summed E-state index contributed by atoms with van der Waals surface area (Å²) in [5, 5.41) is 3.49. The lowest BCUT2D eigenvalue weighted by Crippen LogP contribution is -2.21. The summed E-state index contributed by atoms with van der Waals surface area (Å²) in [6.07, 6.45) is 3.50. The van der Waals surface area contributed by atoms with E-state index in [1.54, 1.807) is 0 Å². The average molecular weight is 223 g/mol. The zero-order valence-electron chi connectivity index (χ0n) is 8.56. The third-order valence-corrected chi connectivity index (χ3v) is 4.09. The minimum atomic E-state index is 0.137. The molecule has 2 aliphatic carbocycles. The maximum Gasteiger partial charge on any atom is 0.229 e. The van der Waals surface area contributed by atoms with Crippen molar-refractivity contribution in [1.82, 2.24) is 9.36 Å². The van der Waals surface area contributed by atoms with Crippen LogP contribution in [0.1, 0.15) is 25.1 Å². The van der Waals surface area contributed by atoms with Crippen LogP contribution < -0.4 is 5.32 Å². The Bertz CT molecular complexity index is 393. The molecule has 0 saturated heterocycles. The first-order valence-corrected chi connectivity index (χ1v) is 6.11. The normalized spacial score (nSPS) is 32.5. The first-order valence-electron chi connectivity index (χ1n) is 5.33. The zero-order chi connectivity index (χ0) is 10.4.